The summed E-state index contributed by atoms with van der Waals surface area (Å²) in [6.45, 7) is 0. The number of aromatic nitrogens is 4. The summed E-state index contributed by atoms with van der Waals surface area (Å²) in [7, 11) is 1.81. The van der Waals surface area contributed by atoms with E-state index in [1.54, 1.807) is 25.6 Å². The maximum atomic E-state index is 4.19. The summed E-state index contributed by atoms with van der Waals surface area (Å²) in [4.78, 5) is 12.2. The quantitative estimate of drug-likeness (QED) is 0.772. The summed E-state index contributed by atoms with van der Waals surface area (Å²) in [5, 5.41) is 3.69. The van der Waals surface area contributed by atoms with Gasteiger partial charge >= 0.3 is 0 Å². The molecule has 6 heteroatoms. The lowest BCUT2D eigenvalue weighted by Crippen LogP contribution is -1.88. The molecule has 0 fully saturated rings. The molecule has 2 aromatic heterocycles. The zero-order valence-electron chi connectivity index (χ0n) is 6.93. The molecule has 0 aliphatic rings. The fourth-order valence-corrected chi connectivity index (χ4v) is 1.37. The third kappa shape index (κ3) is 1.62. The molecule has 66 valence electrons. The highest BCUT2D eigenvalue weighted by molar-refractivity contribution is 7.09. The molecule has 0 saturated heterocycles. The molecule has 0 aliphatic carbocycles. The van der Waals surface area contributed by atoms with E-state index in [-0.39, 0.29) is 0 Å². The maximum Gasteiger partial charge on any atom is 0.202 e. The Morgan fingerprint density at radius 1 is 1.38 bits per heavy atom. The summed E-state index contributed by atoms with van der Waals surface area (Å²) in [6.07, 6.45) is 4.88. The van der Waals surface area contributed by atoms with Crippen LogP contribution in [0, 0.1) is 0 Å². The molecule has 0 spiro atoms. The standard InChI is InChI=1S/C7H7N5S/c1-8-7-11-6(12-13-7)5-4-9-2-3-10-5/h2-4H,1H3,(H,8,11,12). The number of anilines is 1. The number of hydrogen-bond donors (Lipinski definition) is 1. The molecule has 2 heterocycles. The second kappa shape index (κ2) is 3.44. The smallest absolute Gasteiger partial charge is 0.202 e. The highest BCUT2D eigenvalue weighted by Crippen LogP contribution is 2.17. The van der Waals surface area contributed by atoms with Gasteiger partial charge in [-0.25, -0.2) is 4.98 Å². The first-order valence-electron chi connectivity index (χ1n) is 3.68. The van der Waals surface area contributed by atoms with Gasteiger partial charge in [0, 0.05) is 31.0 Å². The molecule has 0 amide bonds. The van der Waals surface area contributed by atoms with Gasteiger partial charge in [-0.3, -0.25) is 4.98 Å². The normalized spacial score (nSPS) is 9.92. The average molecular weight is 193 g/mol. The summed E-state index contributed by atoms with van der Waals surface area (Å²) < 4.78 is 4.12. The second-order valence-electron chi connectivity index (χ2n) is 2.26. The summed E-state index contributed by atoms with van der Waals surface area (Å²) >= 11 is 1.30. The minimum Gasteiger partial charge on any atom is -0.363 e. The van der Waals surface area contributed by atoms with Gasteiger partial charge in [0.2, 0.25) is 5.13 Å². The van der Waals surface area contributed by atoms with Crippen LogP contribution in [-0.4, -0.2) is 26.4 Å². The topological polar surface area (TPSA) is 63.6 Å². The molecular weight excluding hydrogens is 186 g/mol. The van der Waals surface area contributed by atoms with Gasteiger partial charge in [0.1, 0.15) is 5.69 Å². The summed E-state index contributed by atoms with van der Waals surface area (Å²) in [6, 6.07) is 0. The van der Waals surface area contributed by atoms with Crippen LogP contribution in [0.4, 0.5) is 5.13 Å². The second-order valence-corrected chi connectivity index (χ2v) is 3.02. The Hall–Kier alpha value is -1.56. The molecule has 0 unspecified atom stereocenters. The van der Waals surface area contributed by atoms with E-state index in [2.05, 4.69) is 24.6 Å². The molecule has 13 heavy (non-hydrogen) atoms. The van der Waals surface area contributed by atoms with Crippen molar-refractivity contribution in [2.45, 2.75) is 0 Å². The van der Waals surface area contributed by atoms with Crippen LogP contribution in [0.25, 0.3) is 11.5 Å². The molecule has 2 rings (SSSR count). The van der Waals surface area contributed by atoms with Crippen LogP contribution in [0.2, 0.25) is 0 Å². The molecule has 0 atom stereocenters. The number of hydrogen-bond acceptors (Lipinski definition) is 6. The lowest BCUT2D eigenvalue weighted by Gasteiger charge is -1.90. The largest absolute Gasteiger partial charge is 0.363 e. The minimum atomic E-state index is 0.613. The first-order valence-corrected chi connectivity index (χ1v) is 4.45. The van der Waals surface area contributed by atoms with E-state index in [1.165, 1.54) is 11.5 Å². The van der Waals surface area contributed by atoms with Gasteiger partial charge in [0.25, 0.3) is 0 Å². The van der Waals surface area contributed by atoms with Crippen molar-refractivity contribution in [3.63, 3.8) is 0 Å². The predicted octanol–water partition coefficient (Wildman–Crippen LogP) is 1.04. The molecule has 0 aromatic carbocycles. The van der Waals surface area contributed by atoms with E-state index < -0.39 is 0 Å². The summed E-state index contributed by atoms with van der Waals surface area (Å²) in [5.74, 6) is 0.613. The van der Waals surface area contributed by atoms with Crippen molar-refractivity contribution in [3.8, 4) is 11.5 Å². The van der Waals surface area contributed by atoms with E-state index in [0.29, 0.717) is 11.5 Å². The highest BCUT2D eigenvalue weighted by Gasteiger charge is 2.05. The van der Waals surface area contributed by atoms with Gasteiger partial charge in [-0.05, 0) is 0 Å². The van der Waals surface area contributed by atoms with Crippen LogP contribution in [0.1, 0.15) is 0 Å². The Bertz CT molecular complexity index is 385. The third-order valence-corrected chi connectivity index (χ3v) is 2.16. The molecule has 5 nitrogen and oxygen atoms in total. The molecular formula is C7H7N5S. The van der Waals surface area contributed by atoms with E-state index >= 15 is 0 Å². The lowest BCUT2D eigenvalue weighted by atomic mass is 10.4. The SMILES string of the molecule is CNc1nc(-c2cnccn2)ns1. The average Bonchev–Trinajstić information content (AvgIpc) is 2.67. The van der Waals surface area contributed by atoms with E-state index in [9.17, 15) is 0 Å². The Balaban J connectivity index is 2.36. The fraction of sp³-hybridized carbons (Fsp3) is 0.143. The molecule has 0 aliphatic heterocycles. The molecule has 1 N–H and O–H groups in total. The Morgan fingerprint density at radius 2 is 2.31 bits per heavy atom. The third-order valence-electron chi connectivity index (χ3n) is 1.43. The van der Waals surface area contributed by atoms with Crippen LogP contribution in [-0.2, 0) is 0 Å². The minimum absolute atomic E-state index is 0.613. The van der Waals surface area contributed by atoms with Crippen LogP contribution < -0.4 is 5.32 Å². The van der Waals surface area contributed by atoms with Gasteiger partial charge in [-0.2, -0.15) is 9.36 Å². The van der Waals surface area contributed by atoms with Gasteiger partial charge in [0.05, 0.1) is 6.20 Å². The van der Waals surface area contributed by atoms with Crippen LogP contribution in [0.5, 0.6) is 0 Å². The first-order chi connectivity index (χ1) is 6.40. The monoisotopic (exact) mass is 193 g/mol. The Kier molecular flexibility index (Phi) is 2.13. The Labute approximate surface area is 79.1 Å². The van der Waals surface area contributed by atoms with Crippen molar-refractivity contribution < 1.29 is 0 Å². The number of rotatable bonds is 2. The number of nitrogens with zero attached hydrogens (tertiary/aromatic N) is 4. The van der Waals surface area contributed by atoms with Crippen molar-refractivity contribution >= 4 is 16.7 Å². The van der Waals surface area contributed by atoms with Crippen molar-refractivity contribution in [2.24, 2.45) is 0 Å². The van der Waals surface area contributed by atoms with Crippen molar-refractivity contribution in [1.82, 2.24) is 19.3 Å². The highest BCUT2D eigenvalue weighted by atomic mass is 32.1. The first kappa shape index (κ1) is 8.06. The molecule has 0 bridgehead atoms. The van der Waals surface area contributed by atoms with Crippen molar-refractivity contribution in [3.05, 3.63) is 18.6 Å². The van der Waals surface area contributed by atoms with E-state index in [0.717, 1.165) is 5.13 Å². The van der Waals surface area contributed by atoms with Gasteiger partial charge in [-0.1, -0.05) is 0 Å². The van der Waals surface area contributed by atoms with E-state index in [4.69, 9.17) is 0 Å². The maximum absolute atomic E-state index is 4.19. The molecule has 2 aromatic rings. The van der Waals surface area contributed by atoms with E-state index in [1.807, 2.05) is 0 Å². The molecule has 0 radical (unpaired) electrons. The van der Waals surface area contributed by atoms with Crippen molar-refractivity contribution in [1.29, 1.82) is 0 Å². The summed E-state index contributed by atoms with van der Waals surface area (Å²) in [5.41, 5.74) is 0.695. The van der Waals surface area contributed by atoms with Crippen LogP contribution in [0.15, 0.2) is 18.6 Å². The van der Waals surface area contributed by atoms with Gasteiger partial charge < -0.3 is 5.32 Å². The van der Waals surface area contributed by atoms with Crippen LogP contribution >= 0.6 is 11.5 Å². The predicted molar refractivity (Wildman–Crippen MR) is 50.5 cm³/mol. The molecule has 0 saturated carbocycles. The van der Waals surface area contributed by atoms with Crippen LogP contribution in [0.3, 0.4) is 0 Å². The lowest BCUT2D eigenvalue weighted by molar-refractivity contribution is 1.16. The zero-order valence-corrected chi connectivity index (χ0v) is 7.75. The zero-order chi connectivity index (χ0) is 9.10. The number of nitrogens with one attached hydrogen (secondary N) is 1. The van der Waals surface area contributed by atoms with Crippen molar-refractivity contribution in [2.75, 3.05) is 12.4 Å². The fourth-order valence-electron chi connectivity index (χ4n) is 0.844. The Morgan fingerprint density at radius 3 is 2.92 bits per heavy atom. The van der Waals surface area contributed by atoms with Gasteiger partial charge in [-0.15, -0.1) is 0 Å². The van der Waals surface area contributed by atoms with Gasteiger partial charge in [0.15, 0.2) is 5.82 Å².